The first-order chi connectivity index (χ1) is 12.1. The summed E-state index contributed by atoms with van der Waals surface area (Å²) < 4.78 is 0. The summed E-state index contributed by atoms with van der Waals surface area (Å²) in [4.78, 5) is 21.7. The maximum absolute atomic E-state index is 11.8. The Kier molecular flexibility index (Phi) is 11.1. The molecule has 0 spiro atoms. The number of carbonyl (C=O) groups excluding carboxylic acids is 1. The molecular weight excluding hydrogens is 461 g/mol. The molecule has 2 rings (SSSR count). The number of carbonyl (C=O) groups is 1. The Bertz CT molecular complexity index is 550. The van der Waals surface area contributed by atoms with Crippen LogP contribution in [0.15, 0.2) is 22.5 Å². The first-order valence-corrected chi connectivity index (χ1v) is 9.97. The molecule has 2 heterocycles. The Morgan fingerprint density at radius 2 is 2.23 bits per heavy atom. The minimum absolute atomic E-state index is 0. The zero-order valence-electron chi connectivity index (χ0n) is 16.0. The zero-order valence-corrected chi connectivity index (χ0v) is 19.2. The van der Waals surface area contributed by atoms with Crippen molar-refractivity contribution in [3.8, 4) is 0 Å². The van der Waals surface area contributed by atoms with E-state index in [1.165, 1.54) is 24.3 Å². The fraction of sp³-hybridized carbons (Fsp3) is 0.667. The van der Waals surface area contributed by atoms with E-state index >= 15 is 0 Å². The van der Waals surface area contributed by atoms with Gasteiger partial charge in [0.15, 0.2) is 5.96 Å². The molecule has 1 amide bonds. The number of guanidine groups is 1. The van der Waals surface area contributed by atoms with E-state index in [0.717, 1.165) is 32.0 Å². The molecule has 1 fully saturated rings. The maximum Gasteiger partial charge on any atom is 0.243 e. The largest absolute Gasteiger partial charge is 0.356 e. The number of nitrogens with zero attached hydrogens (tertiary/aromatic N) is 3. The molecule has 1 aromatic heterocycles. The van der Waals surface area contributed by atoms with Crippen LogP contribution < -0.4 is 10.6 Å². The van der Waals surface area contributed by atoms with E-state index in [0.29, 0.717) is 6.04 Å². The van der Waals surface area contributed by atoms with Crippen LogP contribution in [0.25, 0.3) is 0 Å². The van der Waals surface area contributed by atoms with E-state index in [-0.39, 0.29) is 36.4 Å². The normalized spacial score (nSPS) is 17.7. The number of nitrogens with one attached hydrogen (secondary N) is 2. The van der Waals surface area contributed by atoms with E-state index in [2.05, 4.69) is 45.0 Å². The highest BCUT2D eigenvalue weighted by molar-refractivity contribution is 14.0. The van der Waals surface area contributed by atoms with E-state index in [9.17, 15) is 4.79 Å². The molecule has 0 radical (unpaired) electrons. The highest BCUT2D eigenvalue weighted by Gasteiger charge is 2.22. The molecule has 0 bridgehead atoms. The van der Waals surface area contributed by atoms with Gasteiger partial charge in [0.2, 0.25) is 5.91 Å². The van der Waals surface area contributed by atoms with Gasteiger partial charge >= 0.3 is 0 Å². The first-order valence-electron chi connectivity index (χ1n) is 9.09. The van der Waals surface area contributed by atoms with Crippen LogP contribution in [0.4, 0.5) is 0 Å². The summed E-state index contributed by atoms with van der Waals surface area (Å²) in [6, 6.07) is 4.77. The summed E-state index contributed by atoms with van der Waals surface area (Å²) in [6.07, 6.45) is 3.45. The van der Waals surface area contributed by atoms with Crippen molar-refractivity contribution in [2.75, 3.05) is 46.8 Å². The predicted octanol–water partition coefficient (Wildman–Crippen LogP) is 2.02. The second-order valence-corrected chi connectivity index (χ2v) is 7.55. The second kappa shape index (κ2) is 12.5. The number of rotatable bonds is 8. The maximum atomic E-state index is 11.8. The number of halogens is 1. The number of hydrogen-bond donors (Lipinski definition) is 2. The van der Waals surface area contributed by atoms with Crippen LogP contribution in [0.3, 0.4) is 0 Å². The second-order valence-electron chi connectivity index (χ2n) is 6.51. The minimum Gasteiger partial charge on any atom is -0.356 e. The Hall–Kier alpha value is -0.870. The third-order valence-corrected chi connectivity index (χ3v) is 5.46. The third kappa shape index (κ3) is 7.79. The molecule has 1 aliphatic rings. The standard InChI is InChI=1S/C18H31N5OS.HI/c1-4-23-11-5-7-15(23)13-20-18(21-14-17(24)22(2)3)19-10-9-16-8-6-12-25-16;/h6,8,12,15H,4-5,7,9-11,13-14H2,1-3H3,(H2,19,20,21);1H. The molecule has 1 aliphatic heterocycles. The van der Waals surface area contributed by atoms with Crippen molar-refractivity contribution in [3.63, 3.8) is 0 Å². The SMILES string of the molecule is CCN1CCCC1CNC(=NCC(=O)N(C)C)NCCc1cccs1.I. The summed E-state index contributed by atoms with van der Waals surface area (Å²) in [6.45, 7) is 6.33. The van der Waals surface area contributed by atoms with Gasteiger partial charge < -0.3 is 15.5 Å². The van der Waals surface area contributed by atoms with Crippen molar-refractivity contribution < 1.29 is 4.79 Å². The molecule has 6 nitrogen and oxygen atoms in total. The summed E-state index contributed by atoms with van der Waals surface area (Å²) in [7, 11) is 3.51. The van der Waals surface area contributed by atoms with Gasteiger partial charge in [0, 0.05) is 38.1 Å². The van der Waals surface area contributed by atoms with Gasteiger partial charge in [0.05, 0.1) is 0 Å². The molecule has 0 aliphatic carbocycles. The predicted molar refractivity (Wildman–Crippen MR) is 121 cm³/mol. The van der Waals surface area contributed by atoms with Crippen molar-refractivity contribution >= 4 is 47.2 Å². The number of hydrogen-bond acceptors (Lipinski definition) is 4. The number of likely N-dealkylation sites (N-methyl/N-ethyl adjacent to an activating group) is 2. The topological polar surface area (TPSA) is 60.0 Å². The molecule has 8 heteroatoms. The summed E-state index contributed by atoms with van der Waals surface area (Å²) in [5.41, 5.74) is 0. The Balaban J connectivity index is 0.00000338. The van der Waals surface area contributed by atoms with E-state index in [1.807, 2.05) is 0 Å². The Morgan fingerprint density at radius 3 is 2.88 bits per heavy atom. The minimum atomic E-state index is 0. The van der Waals surface area contributed by atoms with Crippen LogP contribution in [0.1, 0.15) is 24.6 Å². The van der Waals surface area contributed by atoms with Crippen LogP contribution in [-0.4, -0.2) is 74.5 Å². The lowest BCUT2D eigenvalue weighted by Gasteiger charge is -2.24. The van der Waals surface area contributed by atoms with Gasteiger partial charge in [-0.3, -0.25) is 9.69 Å². The molecule has 1 atom stereocenters. The average molecular weight is 493 g/mol. The molecule has 0 aromatic carbocycles. The van der Waals surface area contributed by atoms with Crippen LogP contribution in [0.2, 0.25) is 0 Å². The van der Waals surface area contributed by atoms with Crippen LogP contribution in [-0.2, 0) is 11.2 Å². The Morgan fingerprint density at radius 1 is 1.42 bits per heavy atom. The zero-order chi connectivity index (χ0) is 18.1. The molecule has 1 aromatic rings. The smallest absolute Gasteiger partial charge is 0.243 e. The number of amides is 1. The first kappa shape index (κ1) is 23.2. The van der Waals surface area contributed by atoms with Gasteiger partial charge in [-0.1, -0.05) is 13.0 Å². The Labute approximate surface area is 178 Å². The number of likely N-dealkylation sites (tertiary alicyclic amines) is 1. The fourth-order valence-corrected chi connectivity index (χ4v) is 3.69. The molecule has 26 heavy (non-hydrogen) atoms. The molecule has 1 unspecified atom stereocenters. The van der Waals surface area contributed by atoms with E-state index < -0.39 is 0 Å². The fourth-order valence-electron chi connectivity index (χ4n) is 2.98. The molecular formula is C18H32IN5OS. The number of thiophene rings is 1. The van der Waals surface area contributed by atoms with Gasteiger partial charge in [-0.05, 0) is 43.8 Å². The molecule has 148 valence electrons. The van der Waals surface area contributed by atoms with Crippen molar-refractivity contribution in [1.82, 2.24) is 20.4 Å². The summed E-state index contributed by atoms with van der Waals surface area (Å²) in [5.74, 6) is 0.741. The van der Waals surface area contributed by atoms with Gasteiger partial charge in [-0.15, -0.1) is 35.3 Å². The summed E-state index contributed by atoms with van der Waals surface area (Å²) >= 11 is 1.77. The highest BCUT2D eigenvalue weighted by atomic mass is 127. The highest BCUT2D eigenvalue weighted by Crippen LogP contribution is 2.15. The lowest BCUT2D eigenvalue weighted by molar-refractivity contribution is -0.127. The third-order valence-electron chi connectivity index (χ3n) is 4.53. The van der Waals surface area contributed by atoms with Crippen LogP contribution in [0, 0.1) is 0 Å². The van der Waals surface area contributed by atoms with Crippen molar-refractivity contribution in [2.24, 2.45) is 4.99 Å². The van der Waals surface area contributed by atoms with Gasteiger partial charge in [0.25, 0.3) is 0 Å². The molecule has 2 N–H and O–H groups in total. The van der Waals surface area contributed by atoms with Crippen molar-refractivity contribution in [1.29, 1.82) is 0 Å². The van der Waals surface area contributed by atoms with E-state index in [4.69, 9.17) is 0 Å². The number of aliphatic imine (C=N–C) groups is 1. The summed E-state index contributed by atoms with van der Waals surface area (Å²) in [5, 5.41) is 8.89. The lowest BCUT2D eigenvalue weighted by Crippen LogP contribution is -2.45. The average Bonchev–Trinajstić information content (AvgIpc) is 3.27. The van der Waals surface area contributed by atoms with Crippen molar-refractivity contribution in [2.45, 2.75) is 32.2 Å². The van der Waals surface area contributed by atoms with E-state index in [1.54, 1.807) is 30.3 Å². The molecule has 1 saturated heterocycles. The lowest BCUT2D eigenvalue weighted by atomic mass is 10.2. The van der Waals surface area contributed by atoms with Gasteiger partial charge in [-0.25, -0.2) is 4.99 Å². The van der Waals surface area contributed by atoms with Crippen LogP contribution >= 0.6 is 35.3 Å². The van der Waals surface area contributed by atoms with Crippen LogP contribution in [0.5, 0.6) is 0 Å². The van der Waals surface area contributed by atoms with Gasteiger partial charge in [0.1, 0.15) is 6.54 Å². The quantitative estimate of drug-likeness (QED) is 0.331. The van der Waals surface area contributed by atoms with Gasteiger partial charge in [-0.2, -0.15) is 0 Å². The van der Waals surface area contributed by atoms with Crippen molar-refractivity contribution in [3.05, 3.63) is 22.4 Å². The monoisotopic (exact) mass is 493 g/mol. The molecule has 0 saturated carbocycles.